The van der Waals surface area contributed by atoms with E-state index in [4.69, 9.17) is 4.74 Å². The number of hydrogen-bond acceptors (Lipinski definition) is 4. The zero-order chi connectivity index (χ0) is 14.4. The second-order valence-electron chi connectivity index (χ2n) is 5.54. The van der Waals surface area contributed by atoms with E-state index in [0.717, 1.165) is 37.4 Å². The second kappa shape index (κ2) is 7.50. The van der Waals surface area contributed by atoms with Crippen LogP contribution in [0.5, 0.6) is 5.75 Å². The quantitative estimate of drug-likeness (QED) is 0.775. The maximum Gasteiger partial charge on any atom is 0.159 e. The van der Waals surface area contributed by atoms with Gasteiger partial charge in [-0.1, -0.05) is 13.8 Å². The van der Waals surface area contributed by atoms with Crippen LogP contribution in [-0.2, 0) is 13.0 Å². The summed E-state index contributed by atoms with van der Waals surface area (Å²) in [6.07, 6.45) is 3.01. The lowest BCUT2D eigenvalue weighted by molar-refractivity contribution is 0.115. The molecule has 1 rings (SSSR count). The summed E-state index contributed by atoms with van der Waals surface area (Å²) in [4.78, 5) is 2.13. The summed E-state index contributed by atoms with van der Waals surface area (Å²) in [5.41, 5.74) is 1.07. The third-order valence-electron chi connectivity index (χ3n) is 3.34. The van der Waals surface area contributed by atoms with Crippen LogP contribution in [-0.4, -0.2) is 53.6 Å². The number of aromatic nitrogens is 2. The fourth-order valence-corrected chi connectivity index (χ4v) is 1.92. The minimum Gasteiger partial charge on any atom is -0.493 e. The SMILES string of the molecule is COc1cnn(CCN(C)C)c1CCC(O)C(C)C. The van der Waals surface area contributed by atoms with Crippen LogP contribution < -0.4 is 4.74 Å². The van der Waals surface area contributed by atoms with Gasteiger partial charge in [-0.25, -0.2) is 0 Å². The first kappa shape index (κ1) is 16.0. The maximum absolute atomic E-state index is 9.92. The van der Waals surface area contributed by atoms with Crippen molar-refractivity contribution in [3.05, 3.63) is 11.9 Å². The smallest absolute Gasteiger partial charge is 0.159 e. The van der Waals surface area contributed by atoms with Crippen LogP contribution in [0.15, 0.2) is 6.20 Å². The predicted octanol–water partition coefficient (Wildman–Crippen LogP) is 1.40. The van der Waals surface area contributed by atoms with Crippen LogP contribution in [0.3, 0.4) is 0 Å². The first-order valence-electron chi connectivity index (χ1n) is 6.87. The first-order valence-corrected chi connectivity index (χ1v) is 6.87. The highest BCUT2D eigenvalue weighted by Crippen LogP contribution is 2.21. The fraction of sp³-hybridized carbons (Fsp3) is 0.786. The molecular weight excluding hydrogens is 242 g/mol. The molecular formula is C14H27N3O2. The second-order valence-corrected chi connectivity index (χ2v) is 5.54. The van der Waals surface area contributed by atoms with E-state index >= 15 is 0 Å². The molecule has 0 radical (unpaired) electrons. The highest BCUT2D eigenvalue weighted by atomic mass is 16.5. The molecule has 1 unspecified atom stereocenters. The van der Waals surface area contributed by atoms with Gasteiger partial charge in [0.05, 0.1) is 31.6 Å². The van der Waals surface area contributed by atoms with Crippen molar-refractivity contribution in [2.45, 2.75) is 39.3 Å². The van der Waals surface area contributed by atoms with Gasteiger partial charge in [0.1, 0.15) is 0 Å². The van der Waals surface area contributed by atoms with Crippen LogP contribution >= 0.6 is 0 Å². The summed E-state index contributed by atoms with van der Waals surface area (Å²) < 4.78 is 7.33. The van der Waals surface area contributed by atoms with Gasteiger partial charge in [0.2, 0.25) is 0 Å². The molecule has 0 saturated heterocycles. The van der Waals surface area contributed by atoms with E-state index in [1.807, 2.05) is 32.6 Å². The number of aliphatic hydroxyl groups excluding tert-OH is 1. The molecule has 1 atom stereocenters. The summed E-state index contributed by atoms with van der Waals surface area (Å²) in [5, 5.41) is 14.3. The molecule has 5 nitrogen and oxygen atoms in total. The van der Waals surface area contributed by atoms with E-state index in [1.165, 1.54) is 0 Å². The Hall–Kier alpha value is -1.07. The molecule has 110 valence electrons. The predicted molar refractivity (Wildman–Crippen MR) is 76.5 cm³/mol. The first-order chi connectivity index (χ1) is 8.95. The summed E-state index contributed by atoms with van der Waals surface area (Å²) in [6.45, 7) is 5.84. The van der Waals surface area contributed by atoms with Crippen molar-refractivity contribution in [3.63, 3.8) is 0 Å². The average molecular weight is 269 g/mol. The van der Waals surface area contributed by atoms with E-state index in [1.54, 1.807) is 13.3 Å². The van der Waals surface area contributed by atoms with Crippen LogP contribution in [0.4, 0.5) is 0 Å². The number of rotatable bonds is 8. The topological polar surface area (TPSA) is 50.5 Å². The lowest BCUT2D eigenvalue weighted by atomic mass is 10.0. The number of methoxy groups -OCH3 is 1. The number of hydrogen-bond donors (Lipinski definition) is 1. The molecule has 0 spiro atoms. The molecule has 5 heteroatoms. The highest BCUT2D eigenvalue weighted by Gasteiger charge is 2.15. The molecule has 0 aliphatic rings. The highest BCUT2D eigenvalue weighted by molar-refractivity contribution is 5.25. The van der Waals surface area contributed by atoms with E-state index in [0.29, 0.717) is 0 Å². The van der Waals surface area contributed by atoms with Gasteiger partial charge < -0.3 is 14.7 Å². The molecule has 19 heavy (non-hydrogen) atoms. The Labute approximate surface area is 116 Å². The Morgan fingerprint density at radius 1 is 1.42 bits per heavy atom. The minimum absolute atomic E-state index is 0.276. The Kier molecular flexibility index (Phi) is 6.31. The average Bonchev–Trinajstić information content (AvgIpc) is 2.75. The largest absolute Gasteiger partial charge is 0.493 e. The van der Waals surface area contributed by atoms with Gasteiger partial charge in [0.15, 0.2) is 5.75 Å². The Bertz CT molecular complexity index is 375. The van der Waals surface area contributed by atoms with Gasteiger partial charge in [-0.2, -0.15) is 5.10 Å². The number of ether oxygens (including phenoxy) is 1. The van der Waals surface area contributed by atoms with Gasteiger partial charge in [0.25, 0.3) is 0 Å². The van der Waals surface area contributed by atoms with Crippen molar-refractivity contribution in [1.29, 1.82) is 0 Å². The number of aliphatic hydroxyl groups is 1. The van der Waals surface area contributed by atoms with Crippen molar-refractivity contribution >= 4 is 0 Å². The van der Waals surface area contributed by atoms with E-state index in [2.05, 4.69) is 10.00 Å². The summed E-state index contributed by atoms with van der Waals surface area (Å²) in [6, 6.07) is 0. The molecule has 0 aromatic carbocycles. The van der Waals surface area contributed by atoms with E-state index in [-0.39, 0.29) is 12.0 Å². The van der Waals surface area contributed by atoms with Crippen LogP contribution in [0.25, 0.3) is 0 Å². The van der Waals surface area contributed by atoms with E-state index < -0.39 is 0 Å². The third kappa shape index (κ3) is 4.84. The Morgan fingerprint density at radius 3 is 2.63 bits per heavy atom. The lowest BCUT2D eigenvalue weighted by Gasteiger charge is -2.16. The van der Waals surface area contributed by atoms with Gasteiger partial charge in [-0.05, 0) is 32.9 Å². The van der Waals surface area contributed by atoms with Gasteiger partial charge in [-0.15, -0.1) is 0 Å². The third-order valence-corrected chi connectivity index (χ3v) is 3.34. The Morgan fingerprint density at radius 2 is 2.11 bits per heavy atom. The molecule has 0 aliphatic heterocycles. The summed E-state index contributed by atoms with van der Waals surface area (Å²) in [7, 11) is 5.75. The molecule has 0 bridgehead atoms. The van der Waals surface area contributed by atoms with Crippen molar-refractivity contribution in [2.75, 3.05) is 27.7 Å². The minimum atomic E-state index is -0.276. The van der Waals surface area contributed by atoms with Gasteiger partial charge in [0, 0.05) is 6.54 Å². The van der Waals surface area contributed by atoms with Crippen molar-refractivity contribution in [2.24, 2.45) is 5.92 Å². The summed E-state index contributed by atoms with van der Waals surface area (Å²) >= 11 is 0. The Balaban J connectivity index is 2.70. The van der Waals surface area contributed by atoms with E-state index in [9.17, 15) is 5.11 Å². The molecule has 0 saturated carbocycles. The molecule has 0 aliphatic carbocycles. The van der Waals surface area contributed by atoms with Gasteiger partial charge >= 0.3 is 0 Å². The normalized spacial score (nSPS) is 13.3. The van der Waals surface area contributed by atoms with Crippen molar-refractivity contribution in [3.8, 4) is 5.75 Å². The number of likely N-dealkylation sites (N-methyl/N-ethyl adjacent to an activating group) is 1. The van der Waals surface area contributed by atoms with Gasteiger partial charge in [-0.3, -0.25) is 4.68 Å². The van der Waals surface area contributed by atoms with Crippen LogP contribution in [0.2, 0.25) is 0 Å². The molecule has 1 aromatic rings. The maximum atomic E-state index is 9.92. The zero-order valence-corrected chi connectivity index (χ0v) is 12.8. The standard InChI is InChI=1S/C14H27N3O2/c1-11(2)13(18)7-6-12-14(19-5)10-15-17(12)9-8-16(3)4/h10-11,13,18H,6-9H2,1-5H3. The van der Waals surface area contributed by atoms with Crippen molar-refractivity contribution < 1.29 is 9.84 Å². The molecule has 1 heterocycles. The molecule has 1 aromatic heterocycles. The van der Waals surface area contributed by atoms with Crippen molar-refractivity contribution in [1.82, 2.24) is 14.7 Å². The zero-order valence-electron chi connectivity index (χ0n) is 12.8. The molecule has 0 amide bonds. The van der Waals surface area contributed by atoms with Crippen LogP contribution in [0.1, 0.15) is 26.0 Å². The molecule has 1 N–H and O–H groups in total. The summed E-state index contributed by atoms with van der Waals surface area (Å²) in [5.74, 6) is 1.10. The monoisotopic (exact) mass is 269 g/mol. The fourth-order valence-electron chi connectivity index (χ4n) is 1.92. The number of nitrogens with zero attached hydrogens (tertiary/aromatic N) is 3. The van der Waals surface area contributed by atoms with Crippen LogP contribution in [0, 0.1) is 5.92 Å². The lowest BCUT2D eigenvalue weighted by Crippen LogP contribution is -2.21. The molecule has 0 fully saturated rings.